The van der Waals surface area contributed by atoms with Crippen LogP contribution in [-0.2, 0) is 24.1 Å². The van der Waals surface area contributed by atoms with E-state index >= 15 is 0 Å². The zero-order chi connectivity index (χ0) is 18.1. The molecular formula is C20H20N2O4. The molecule has 0 saturated heterocycles. The van der Waals surface area contributed by atoms with Crippen LogP contribution in [0.4, 0.5) is 0 Å². The Hall–Kier alpha value is -3.02. The quantitative estimate of drug-likeness (QED) is 0.658. The lowest BCUT2D eigenvalue weighted by molar-refractivity contribution is 0.0514. The molecule has 2 heterocycles. The number of methoxy groups -OCH3 is 1. The molecule has 0 radical (unpaired) electrons. The van der Waals surface area contributed by atoms with Crippen molar-refractivity contribution in [2.45, 2.75) is 26.3 Å². The minimum absolute atomic E-state index is 0.323. The van der Waals surface area contributed by atoms with Crippen LogP contribution in [0.15, 0.2) is 41.1 Å². The SMILES string of the molecule is CCOC(=O)c1cc2c(n1Cc1ccc(OC)cc1)-c1oncc1CC2. The maximum atomic E-state index is 12.5. The standard InChI is InChI=1S/C20H20N2O4/c1-3-25-20(23)17-10-14-6-7-15-11-21-26-19(15)18(14)22(17)12-13-4-8-16(24-2)9-5-13/h4-5,8-11H,3,6-7,12H2,1-2H3. The largest absolute Gasteiger partial charge is 0.497 e. The number of benzene rings is 1. The van der Waals surface area contributed by atoms with Crippen molar-refractivity contribution in [3.63, 3.8) is 0 Å². The number of esters is 1. The van der Waals surface area contributed by atoms with E-state index in [1.54, 1.807) is 13.3 Å². The van der Waals surface area contributed by atoms with E-state index < -0.39 is 0 Å². The van der Waals surface area contributed by atoms with Crippen LogP contribution in [-0.4, -0.2) is 29.4 Å². The van der Waals surface area contributed by atoms with Gasteiger partial charge in [0.05, 0.1) is 25.6 Å². The molecule has 0 unspecified atom stereocenters. The molecule has 4 rings (SSSR count). The van der Waals surface area contributed by atoms with Crippen molar-refractivity contribution in [1.82, 2.24) is 9.72 Å². The van der Waals surface area contributed by atoms with E-state index in [-0.39, 0.29) is 5.97 Å². The number of hydrogen-bond donors (Lipinski definition) is 0. The van der Waals surface area contributed by atoms with Crippen LogP contribution in [0, 0.1) is 0 Å². The molecule has 1 aliphatic carbocycles. The summed E-state index contributed by atoms with van der Waals surface area (Å²) in [5.41, 5.74) is 4.67. The van der Waals surface area contributed by atoms with Crippen LogP contribution in [0.2, 0.25) is 0 Å². The molecule has 0 spiro atoms. The number of aryl methyl sites for hydroxylation is 2. The summed E-state index contributed by atoms with van der Waals surface area (Å²) < 4.78 is 18.0. The summed E-state index contributed by atoms with van der Waals surface area (Å²) in [6.45, 7) is 2.68. The van der Waals surface area contributed by atoms with Gasteiger partial charge >= 0.3 is 5.97 Å². The molecule has 6 nitrogen and oxygen atoms in total. The molecule has 0 bridgehead atoms. The van der Waals surface area contributed by atoms with Crippen molar-refractivity contribution in [3.05, 3.63) is 58.9 Å². The maximum absolute atomic E-state index is 12.5. The van der Waals surface area contributed by atoms with Gasteiger partial charge in [0.1, 0.15) is 11.4 Å². The molecule has 134 valence electrons. The van der Waals surface area contributed by atoms with Gasteiger partial charge in [0.2, 0.25) is 0 Å². The number of ether oxygens (including phenoxy) is 2. The van der Waals surface area contributed by atoms with E-state index in [1.165, 1.54) is 0 Å². The fraction of sp³-hybridized carbons (Fsp3) is 0.300. The van der Waals surface area contributed by atoms with Crippen LogP contribution in [0.25, 0.3) is 11.5 Å². The number of carbonyl (C=O) groups is 1. The highest BCUT2D eigenvalue weighted by molar-refractivity contribution is 5.90. The van der Waals surface area contributed by atoms with Gasteiger partial charge in [0, 0.05) is 12.1 Å². The van der Waals surface area contributed by atoms with E-state index in [1.807, 2.05) is 41.8 Å². The third-order valence-corrected chi connectivity index (χ3v) is 4.68. The van der Waals surface area contributed by atoms with Crippen molar-refractivity contribution in [3.8, 4) is 17.2 Å². The Morgan fingerprint density at radius 2 is 2.00 bits per heavy atom. The number of nitrogens with zero attached hydrogens (tertiary/aromatic N) is 2. The summed E-state index contributed by atoms with van der Waals surface area (Å²) in [5, 5.41) is 3.94. The van der Waals surface area contributed by atoms with Gasteiger partial charge in [-0.3, -0.25) is 0 Å². The molecule has 6 heteroatoms. The fourth-order valence-corrected chi connectivity index (χ4v) is 3.42. The molecule has 3 aromatic rings. The Balaban J connectivity index is 1.80. The number of hydrogen-bond acceptors (Lipinski definition) is 5. The van der Waals surface area contributed by atoms with Gasteiger partial charge in [-0.05, 0) is 49.1 Å². The molecule has 0 aliphatic heterocycles. The Kier molecular flexibility index (Phi) is 4.24. The van der Waals surface area contributed by atoms with E-state index in [9.17, 15) is 4.79 Å². The van der Waals surface area contributed by atoms with Gasteiger partial charge in [0.25, 0.3) is 0 Å². The third kappa shape index (κ3) is 2.77. The van der Waals surface area contributed by atoms with Crippen LogP contribution in [0.3, 0.4) is 0 Å². The topological polar surface area (TPSA) is 66.5 Å². The van der Waals surface area contributed by atoms with Gasteiger partial charge in [-0.25, -0.2) is 4.79 Å². The molecule has 0 atom stereocenters. The zero-order valence-corrected chi connectivity index (χ0v) is 14.8. The fourth-order valence-electron chi connectivity index (χ4n) is 3.42. The average molecular weight is 352 g/mol. The Morgan fingerprint density at radius 3 is 2.73 bits per heavy atom. The molecule has 0 amide bonds. The first-order valence-corrected chi connectivity index (χ1v) is 8.67. The van der Waals surface area contributed by atoms with Gasteiger partial charge < -0.3 is 18.6 Å². The zero-order valence-electron chi connectivity index (χ0n) is 14.8. The second-order valence-electron chi connectivity index (χ2n) is 6.24. The first-order chi connectivity index (χ1) is 12.7. The summed E-state index contributed by atoms with van der Waals surface area (Å²) in [4.78, 5) is 12.5. The van der Waals surface area contributed by atoms with Gasteiger partial charge in [-0.1, -0.05) is 17.3 Å². The van der Waals surface area contributed by atoms with Gasteiger partial charge in [-0.2, -0.15) is 0 Å². The van der Waals surface area contributed by atoms with Crippen molar-refractivity contribution in [1.29, 1.82) is 0 Å². The van der Waals surface area contributed by atoms with Crippen molar-refractivity contribution >= 4 is 5.97 Å². The second kappa shape index (κ2) is 6.71. The summed E-state index contributed by atoms with van der Waals surface area (Å²) in [6, 6.07) is 9.72. The molecular weight excluding hydrogens is 332 g/mol. The lowest BCUT2D eigenvalue weighted by Crippen LogP contribution is -2.14. The number of carbonyl (C=O) groups excluding carboxylic acids is 1. The highest BCUT2D eigenvalue weighted by Gasteiger charge is 2.29. The summed E-state index contributed by atoms with van der Waals surface area (Å²) in [5.74, 6) is 1.22. The minimum Gasteiger partial charge on any atom is -0.497 e. The van der Waals surface area contributed by atoms with E-state index in [2.05, 4.69) is 5.16 Å². The normalized spacial score (nSPS) is 12.4. The van der Waals surface area contributed by atoms with Crippen molar-refractivity contribution in [2.75, 3.05) is 13.7 Å². The van der Waals surface area contributed by atoms with Crippen molar-refractivity contribution in [2.24, 2.45) is 0 Å². The number of fused-ring (bicyclic) bond motifs is 3. The third-order valence-electron chi connectivity index (χ3n) is 4.68. The second-order valence-corrected chi connectivity index (χ2v) is 6.24. The molecule has 1 aromatic carbocycles. The minimum atomic E-state index is -0.323. The Bertz CT molecular complexity index is 937. The molecule has 1 aliphatic rings. The molecule has 2 aromatic heterocycles. The Labute approximate surface area is 151 Å². The van der Waals surface area contributed by atoms with Gasteiger partial charge in [0.15, 0.2) is 5.76 Å². The summed E-state index contributed by atoms with van der Waals surface area (Å²) in [6.07, 6.45) is 3.47. The molecule has 0 fully saturated rings. The van der Waals surface area contributed by atoms with Crippen molar-refractivity contribution < 1.29 is 18.8 Å². The highest BCUT2D eigenvalue weighted by Crippen LogP contribution is 2.36. The number of rotatable bonds is 5. The lowest BCUT2D eigenvalue weighted by Gasteiger charge is -2.16. The lowest BCUT2D eigenvalue weighted by atomic mass is 9.96. The Morgan fingerprint density at radius 1 is 1.23 bits per heavy atom. The van der Waals surface area contributed by atoms with E-state index in [0.29, 0.717) is 18.8 Å². The smallest absolute Gasteiger partial charge is 0.354 e. The van der Waals surface area contributed by atoms with E-state index in [4.69, 9.17) is 14.0 Å². The van der Waals surface area contributed by atoms with Gasteiger partial charge in [-0.15, -0.1) is 0 Å². The van der Waals surface area contributed by atoms with Crippen LogP contribution < -0.4 is 4.74 Å². The molecule has 0 saturated carbocycles. The van der Waals surface area contributed by atoms with Crippen LogP contribution in [0.5, 0.6) is 5.75 Å². The first-order valence-electron chi connectivity index (χ1n) is 8.67. The predicted molar refractivity (Wildman–Crippen MR) is 95.4 cm³/mol. The predicted octanol–water partition coefficient (Wildman–Crippen LogP) is 3.48. The summed E-state index contributed by atoms with van der Waals surface area (Å²) >= 11 is 0. The van der Waals surface area contributed by atoms with Crippen LogP contribution >= 0.6 is 0 Å². The maximum Gasteiger partial charge on any atom is 0.354 e. The van der Waals surface area contributed by atoms with E-state index in [0.717, 1.165) is 46.7 Å². The molecule has 0 N–H and O–H groups in total. The average Bonchev–Trinajstić information content (AvgIpc) is 3.27. The number of aromatic nitrogens is 2. The molecule has 26 heavy (non-hydrogen) atoms. The van der Waals surface area contributed by atoms with Crippen LogP contribution in [0.1, 0.15) is 34.1 Å². The first kappa shape index (κ1) is 16.4. The summed E-state index contributed by atoms with van der Waals surface area (Å²) in [7, 11) is 1.64. The monoisotopic (exact) mass is 352 g/mol. The highest BCUT2D eigenvalue weighted by atomic mass is 16.5.